The van der Waals surface area contributed by atoms with Crippen LogP contribution in [0.25, 0.3) is 0 Å². The largest absolute Gasteiger partial charge is 0.405 e. The van der Waals surface area contributed by atoms with Gasteiger partial charge >= 0.3 is 12.2 Å². The summed E-state index contributed by atoms with van der Waals surface area (Å²) in [7, 11) is 0. The molecule has 4 nitrogen and oxygen atoms in total. The molecule has 1 aliphatic heterocycles. The van der Waals surface area contributed by atoms with Crippen LogP contribution in [0.1, 0.15) is 26.2 Å². The molecular weight excluding hydrogens is 247 g/mol. The summed E-state index contributed by atoms with van der Waals surface area (Å²) in [5.74, 6) is 0. The Labute approximate surface area is 105 Å². The van der Waals surface area contributed by atoms with Crippen LogP contribution < -0.4 is 10.6 Å². The average Bonchev–Trinajstić information content (AvgIpc) is 2.26. The lowest BCUT2D eigenvalue weighted by Crippen LogP contribution is -2.48. The molecule has 2 amide bonds. The van der Waals surface area contributed by atoms with Crippen molar-refractivity contribution in [3.63, 3.8) is 0 Å². The zero-order chi connectivity index (χ0) is 13.6. The van der Waals surface area contributed by atoms with E-state index in [1.165, 1.54) is 6.42 Å². The predicted octanol–water partition coefficient (Wildman–Crippen LogP) is 1.72. The maximum Gasteiger partial charge on any atom is 0.405 e. The zero-order valence-corrected chi connectivity index (χ0v) is 10.5. The van der Waals surface area contributed by atoms with Gasteiger partial charge in [0.15, 0.2) is 0 Å². The van der Waals surface area contributed by atoms with Crippen molar-refractivity contribution < 1.29 is 18.0 Å². The van der Waals surface area contributed by atoms with E-state index < -0.39 is 18.8 Å². The third-order valence-electron chi connectivity index (χ3n) is 2.81. The number of nitrogens with one attached hydrogen (secondary N) is 2. The van der Waals surface area contributed by atoms with E-state index >= 15 is 0 Å². The highest BCUT2D eigenvalue weighted by atomic mass is 19.4. The smallest absolute Gasteiger partial charge is 0.334 e. The molecule has 0 aromatic heterocycles. The summed E-state index contributed by atoms with van der Waals surface area (Å²) in [6, 6.07) is -0.923. The molecule has 1 unspecified atom stereocenters. The van der Waals surface area contributed by atoms with Crippen molar-refractivity contribution in [1.29, 1.82) is 0 Å². The van der Waals surface area contributed by atoms with E-state index in [1.807, 2.05) is 0 Å². The monoisotopic (exact) mass is 267 g/mol. The first-order chi connectivity index (χ1) is 8.37. The highest BCUT2D eigenvalue weighted by molar-refractivity contribution is 5.74. The van der Waals surface area contributed by atoms with Gasteiger partial charge in [0.25, 0.3) is 0 Å². The molecular formula is C11H20F3N3O. The molecule has 2 N–H and O–H groups in total. The molecule has 0 aromatic carbocycles. The molecule has 0 saturated carbocycles. The number of carbonyl (C=O) groups excluding carboxylic acids is 1. The van der Waals surface area contributed by atoms with Gasteiger partial charge in [-0.2, -0.15) is 13.2 Å². The lowest BCUT2D eigenvalue weighted by Gasteiger charge is -2.29. The Balaban J connectivity index is 2.18. The number of piperidine rings is 1. The van der Waals surface area contributed by atoms with Crippen molar-refractivity contribution in [3.05, 3.63) is 0 Å². The quantitative estimate of drug-likeness (QED) is 0.814. The summed E-state index contributed by atoms with van der Waals surface area (Å²) in [6.45, 7) is 3.17. The number of likely N-dealkylation sites (tertiary alicyclic amines) is 1. The molecule has 18 heavy (non-hydrogen) atoms. The number of hydrogen-bond acceptors (Lipinski definition) is 2. The predicted molar refractivity (Wildman–Crippen MR) is 62.3 cm³/mol. The van der Waals surface area contributed by atoms with Gasteiger partial charge in [0.1, 0.15) is 6.54 Å². The number of urea groups is 1. The molecule has 106 valence electrons. The summed E-state index contributed by atoms with van der Waals surface area (Å²) in [5, 5.41) is 4.31. The lowest BCUT2D eigenvalue weighted by atomic mass is 10.1. The Hall–Kier alpha value is -0.980. The highest BCUT2D eigenvalue weighted by Gasteiger charge is 2.27. The van der Waals surface area contributed by atoms with Crippen molar-refractivity contribution in [2.75, 3.05) is 26.2 Å². The maximum atomic E-state index is 11.9. The fraction of sp³-hybridized carbons (Fsp3) is 0.909. The van der Waals surface area contributed by atoms with Crippen molar-refractivity contribution in [2.45, 2.75) is 38.4 Å². The number of halogens is 3. The van der Waals surface area contributed by atoms with Crippen molar-refractivity contribution in [3.8, 4) is 0 Å². The first-order valence-corrected chi connectivity index (χ1v) is 6.20. The van der Waals surface area contributed by atoms with Crippen LogP contribution in [0.4, 0.5) is 18.0 Å². The molecule has 0 aliphatic carbocycles. The SMILES string of the molecule is CC(CN1CCCCC1)NC(=O)NCC(F)(F)F. The van der Waals surface area contributed by atoms with Gasteiger partial charge in [0, 0.05) is 12.6 Å². The maximum absolute atomic E-state index is 11.9. The Bertz CT molecular complexity index is 265. The van der Waals surface area contributed by atoms with Gasteiger partial charge in [0.05, 0.1) is 0 Å². The van der Waals surface area contributed by atoms with E-state index in [9.17, 15) is 18.0 Å². The fourth-order valence-electron chi connectivity index (χ4n) is 2.03. The minimum absolute atomic E-state index is 0.156. The highest BCUT2D eigenvalue weighted by Crippen LogP contribution is 2.12. The van der Waals surface area contributed by atoms with E-state index in [0.29, 0.717) is 6.54 Å². The second-order valence-electron chi connectivity index (χ2n) is 4.70. The number of carbonyl (C=O) groups is 1. The van der Waals surface area contributed by atoms with Gasteiger partial charge < -0.3 is 15.5 Å². The molecule has 1 heterocycles. The Morgan fingerprint density at radius 3 is 2.44 bits per heavy atom. The molecule has 1 aliphatic rings. The van der Waals surface area contributed by atoms with Crippen LogP contribution in [0.3, 0.4) is 0 Å². The molecule has 0 radical (unpaired) electrons. The molecule has 0 spiro atoms. The van der Waals surface area contributed by atoms with Gasteiger partial charge in [-0.25, -0.2) is 4.79 Å². The van der Waals surface area contributed by atoms with Crippen LogP contribution in [-0.4, -0.2) is 49.3 Å². The van der Waals surface area contributed by atoms with Crippen LogP contribution in [-0.2, 0) is 0 Å². The standard InChI is InChI=1S/C11H20F3N3O/c1-9(7-17-5-3-2-4-6-17)16-10(18)15-8-11(12,13)14/h9H,2-8H2,1H3,(H2,15,16,18). The fourth-order valence-corrected chi connectivity index (χ4v) is 2.03. The minimum atomic E-state index is -4.37. The van der Waals surface area contributed by atoms with E-state index in [-0.39, 0.29) is 6.04 Å². The molecule has 0 bridgehead atoms. The average molecular weight is 267 g/mol. The Morgan fingerprint density at radius 1 is 1.28 bits per heavy atom. The second-order valence-corrected chi connectivity index (χ2v) is 4.70. The van der Waals surface area contributed by atoms with Crippen molar-refractivity contribution in [2.24, 2.45) is 0 Å². The molecule has 1 rings (SSSR count). The number of alkyl halides is 3. The topological polar surface area (TPSA) is 44.4 Å². The summed E-state index contributed by atoms with van der Waals surface area (Å²) >= 11 is 0. The van der Waals surface area contributed by atoms with Crippen molar-refractivity contribution in [1.82, 2.24) is 15.5 Å². The zero-order valence-electron chi connectivity index (χ0n) is 10.5. The lowest BCUT2D eigenvalue weighted by molar-refractivity contribution is -0.122. The Morgan fingerprint density at radius 2 is 1.89 bits per heavy atom. The Kier molecular flexibility index (Phi) is 5.71. The summed E-state index contributed by atoms with van der Waals surface area (Å²) in [4.78, 5) is 13.4. The first kappa shape index (κ1) is 15.1. The van der Waals surface area contributed by atoms with Crippen molar-refractivity contribution >= 4 is 6.03 Å². The summed E-state index contributed by atoms with van der Waals surface area (Å²) < 4.78 is 35.6. The van der Waals surface area contributed by atoms with E-state index in [1.54, 1.807) is 12.2 Å². The van der Waals surface area contributed by atoms with E-state index in [4.69, 9.17) is 0 Å². The molecule has 7 heteroatoms. The number of amides is 2. The molecule has 1 fully saturated rings. The van der Waals surface area contributed by atoms with Gasteiger partial charge in [-0.15, -0.1) is 0 Å². The molecule has 0 aromatic rings. The summed E-state index contributed by atoms with van der Waals surface area (Å²) in [5.41, 5.74) is 0. The van der Waals surface area contributed by atoms with E-state index in [2.05, 4.69) is 10.2 Å². The third kappa shape index (κ3) is 6.68. The van der Waals surface area contributed by atoms with Crippen LogP contribution in [0.15, 0.2) is 0 Å². The number of rotatable bonds is 4. The van der Waals surface area contributed by atoms with Crippen LogP contribution >= 0.6 is 0 Å². The first-order valence-electron chi connectivity index (χ1n) is 6.20. The van der Waals surface area contributed by atoms with Gasteiger partial charge in [-0.3, -0.25) is 0 Å². The van der Waals surface area contributed by atoms with Crippen LogP contribution in [0, 0.1) is 0 Å². The summed E-state index contributed by atoms with van der Waals surface area (Å²) in [6.07, 6.45) is -0.849. The van der Waals surface area contributed by atoms with Gasteiger partial charge in [0.2, 0.25) is 0 Å². The number of hydrogen-bond donors (Lipinski definition) is 2. The third-order valence-corrected chi connectivity index (χ3v) is 2.81. The molecule has 1 saturated heterocycles. The van der Waals surface area contributed by atoms with Crippen LogP contribution in [0.5, 0.6) is 0 Å². The minimum Gasteiger partial charge on any atom is -0.334 e. The van der Waals surface area contributed by atoms with E-state index in [0.717, 1.165) is 25.9 Å². The number of nitrogens with zero attached hydrogens (tertiary/aromatic N) is 1. The van der Waals surface area contributed by atoms with Crippen LogP contribution in [0.2, 0.25) is 0 Å². The van der Waals surface area contributed by atoms with Gasteiger partial charge in [-0.05, 0) is 32.9 Å². The normalized spacial score (nSPS) is 19.3. The molecule has 1 atom stereocenters. The van der Waals surface area contributed by atoms with Gasteiger partial charge in [-0.1, -0.05) is 6.42 Å². The second kappa shape index (κ2) is 6.82.